The van der Waals surface area contributed by atoms with Crippen LogP contribution in [-0.2, 0) is 0 Å². The minimum Gasteiger partial charge on any atom is -0.366 e. The summed E-state index contributed by atoms with van der Waals surface area (Å²) in [5, 5.41) is 11.8. The molecule has 8 heteroatoms. The van der Waals surface area contributed by atoms with Crippen LogP contribution in [0.15, 0.2) is 55.1 Å². The zero-order chi connectivity index (χ0) is 24.5. The van der Waals surface area contributed by atoms with Crippen molar-refractivity contribution < 1.29 is 0 Å². The minimum atomic E-state index is 0.107. The smallest absolute Gasteiger partial charge is 0.162 e. The van der Waals surface area contributed by atoms with Crippen molar-refractivity contribution in [3.63, 3.8) is 0 Å². The lowest BCUT2D eigenvalue weighted by Gasteiger charge is -2.40. The van der Waals surface area contributed by atoms with Gasteiger partial charge >= 0.3 is 0 Å². The van der Waals surface area contributed by atoms with Crippen LogP contribution in [0.3, 0.4) is 0 Å². The Labute approximate surface area is 211 Å². The van der Waals surface area contributed by atoms with E-state index in [0.717, 1.165) is 47.6 Å². The molecule has 4 aromatic rings. The summed E-state index contributed by atoms with van der Waals surface area (Å²) in [6.07, 6.45) is 12.1. The molecule has 0 spiro atoms. The van der Waals surface area contributed by atoms with Crippen LogP contribution in [0.25, 0.3) is 22.3 Å². The zero-order valence-corrected chi connectivity index (χ0v) is 20.8. The lowest BCUT2D eigenvalue weighted by Crippen LogP contribution is -2.49. The molecule has 1 saturated heterocycles. The molecule has 1 aliphatic heterocycles. The zero-order valence-electron chi connectivity index (χ0n) is 20.8. The van der Waals surface area contributed by atoms with Gasteiger partial charge in [-0.15, -0.1) is 0 Å². The summed E-state index contributed by atoms with van der Waals surface area (Å²) in [6.45, 7) is 6.60. The molecule has 36 heavy (non-hydrogen) atoms. The number of rotatable bonds is 6. The highest BCUT2D eigenvalue weighted by Crippen LogP contribution is 2.42. The largest absolute Gasteiger partial charge is 0.366 e. The van der Waals surface area contributed by atoms with Gasteiger partial charge in [0.25, 0.3) is 0 Å². The fourth-order valence-electron chi connectivity index (χ4n) is 5.18. The number of fused-ring (bicyclic) bond motifs is 1. The number of piperidine rings is 1. The number of anilines is 3. The van der Waals surface area contributed by atoms with Crippen LogP contribution in [-0.4, -0.2) is 44.1 Å². The Bertz CT molecular complexity index is 1370. The van der Waals surface area contributed by atoms with Crippen LogP contribution in [0.4, 0.5) is 17.5 Å². The molecule has 0 unspecified atom stereocenters. The van der Waals surface area contributed by atoms with Crippen molar-refractivity contribution >= 4 is 28.4 Å². The lowest BCUT2D eigenvalue weighted by atomic mass is 9.78. The molecule has 3 N–H and O–H groups in total. The Kier molecular flexibility index (Phi) is 5.97. The van der Waals surface area contributed by atoms with Gasteiger partial charge < -0.3 is 16.0 Å². The molecule has 184 valence electrons. The van der Waals surface area contributed by atoms with E-state index < -0.39 is 0 Å². The van der Waals surface area contributed by atoms with Gasteiger partial charge in [-0.3, -0.25) is 4.98 Å². The van der Waals surface area contributed by atoms with E-state index in [1.54, 1.807) is 12.4 Å². The maximum atomic E-state index is 5.14. The van der Waals surface area contributed by atoms with Gasteiger partial charge in [-0.25, -0.2) is 19.9 Å². The molecule has 0 aromatic carbocycles. The van der Waals surface area contributed by atoms with Crippen molar-refractivity contribution in [2.24, 2.45) is 5.41 Å². The van der Waals surface area contributed by atoms with E-state index in [1.807, 2.05) is 42.7 Å². The third-order valence-electron chi connectivity index (χ3n) is 7.56. The summed E-state index contributed by atoms with van der Waals surface area (Å²) < 4.78 is 0. The first kappa shape index (κ1) is 22.8. The second-order valence-electron chi connectivity index (χ2n) is 10.6. The number of hydrogen-bond acceptors (Lipinski definition) is 8. The van der Waals surface area contributed by atoms with Crippen LogP contribution in [0.1, 0.15) is 51.0 Å². The molecule has 2 fully saturated rings. The number of nitrogens with zero attached hydrogens (tertiary/aromatic N) is 5. The Morgan fingerprint density at radius 2 is 1.86 bits per heavy atom. The van der Waals surface area contributed by atoms with E-state index in [0.29, 0.717) is 23.6 Å². The molecule has 0 amide bonds. The van der Waals surface area contributed by atoms with E-state index in [4.69, 9.17) is 9.97 Å². The first-order chi connectivity index (χ1) is 17.6. The molecular weight excluding hydrogens is 448 g/mol. The third-order valence-corrected chi connectivity index (χ3v) is 7.56. The summed E-state index contributed by atoms with van der Waals surface area (Å²) in [5.74, 6) is 3.55. The van der Waals surface area contributed by atoms with Gasteiger partial charge in [-0.05, 0) is 67.0 Å². The molecule has 8 nitrogen and oxygen atoms in total. The fourth-order valence-corrected chi connectivity index (χ4v) is 5.18. The first-order valence-corrected chi connectivity index (χ1v) is 12.8. The van der Waals surface area contributed by atoms with Gasteiger partial charge in [0, 0.05) is 42.1 Å². The van der Waals surface area contributed by atoms with E-state index in [-0.39, 0.29) is 5.41 Å². The van der Waals surface area contributed by atoms with Crippen LogP contribution in [0.5, 0.6) is 0 Å². The summed E-state index contributed by atoms with van der Waals surface area (Å²) in [4.78, 5) is 23.5. The predicted octanol–water partition coefficient (Wildman–Crippen LogP) is 5.29. The third kappa shape index (κ3) is 4.48. The van der Waals surface area contributed by atoms with E-state index in [1.165, 1.54) is 24.8 Å². The van der Waals surface area contributed by atoms with Gasteiger partial charge in [-0.2, -0.15) is 0 Å². The molecular formula is C28H32N8. The van der Waals surface area contributed by atoms with Crippen molar-refractivity contribution in [2.45, 2.75) is 51.5 Å². The summed E-state index contributed by atoms with van der Waals surface area (Å²) in [7, 11) is 0. The second kappa shape index (κ2) is 9.43. The Morgan fingerprint density at radius 1 is 0.972 bits per heavy atom. The summed E-state index contributed by atoms with van der Waals surface area (Å²) >= 11 is 0. The fraction of sp³-hybridized carbons (Fsp3) is 0.393. The number of pyridine rings is 3. The highest BCUT2D eigenvalue weighted by molar-refractivity contribution is 5.93. The second-order valence-corrected chi connectivity index (χ2v) is 10.6. The van der Waals surface area contributed by atoms with Crippen LogP contribution >= 0.6 is 0 Å². The molecule has 4 aromatic heterocycles. The van der Waals surface area contributed by atoms with Gasteiger partial charge in [0.2, 0.25) is 0 Å². The number of nitrogens with one attached hydrogen (secondary N) is 3. The topological polar surface area (TPSA) is 101 Å². The van der Waals surface area contributed by atoms with Crippen molar-refractivity contribution in [1.29, 1.82) is 0 Å². The molecule has 0 bridgehead atoms. The van der Waals surface area contributed by atoms with Crippen molar-refractivity contribution in [1.82, 2.24) is 30.2 Å². The van der Waals surface area contributed by atoms with E-state index in [9.17, 15) is 0 Å². The maximum absolute atomic E-state index is 5.14. The molecule has 2 aliphatic rings. The molecule has 5 heterocycles. The lowest BCUT2D eigenvalue weighted by molar-refractivity contribution is 0.236. The molecule has 0 radical (unpaired) electrons. The quantitative estimate of drug-likeness (QED) is 0.342. The van der Waals surface area contributed by atoms with Crippen LogP contribution in [0, 0.1) is 5.41 Å². The van der Waals surface area contributed by atoms with Crippen LogP contribution < -0.4 is 16.0 Å². The molecule has 6 rings (SSSR count). The van der Waals surface area contributed by atoms with Gasteiger partial charge in [-0.1, -0.05) is 26.3 Å². The molecule has 1 aliphatic carbocycles. The maximum Gasteiger partial charge on any atom is 0.162 e. The van der Waals surface area contributed by atoms with Crippen LogP contribution in [0.2, 0.25) is 0 Å². The summed E-state index contributed by atoms with van der Waals surface area (Å²) in [5.41, 5.74) is 3.16. The van der Waals surface area contributed by atoms with Gasteiger partial charge in [0.1, 0.15) is 17.5 Å². The SMILES string of the molecule is CC1(C)CNCC[C@@H]1Nc1nc(-c2ccnc(Nc3ccccn3)c2)nc2cncc(C3CCC3)c12. The van der Waals surface area contributed by atoms with E-state index in [2.05, 4.69) is 44.7 Å². The molecule has 1 atom stereocenters. The van der Waals surface area contributed by atoms with Gasteiger partial charge in [0.15, 0.2) is 5.82 Å². The van der Waals surface area contributed by atoms with Gasteiger partial charge in [0.05, 0.1) is 11.7 Å². The standard InChI is InChI=1S/C28H32N8/c1-28(2)17-29-12-10-22(28)34-27-25-20(18-6-5-7-18)15-30-16-21(25)33-26(36-27)19-9-13-32-24(14-19)35-23-8-3-4-11-31-23/h3-4,8-9,11,13-16,18,22,29H,5-7,10,12,17H2,1-2H3,(H,31,32,35)(H,33,34,36)/t22-/m0/s1. The van der Waals surface area contributed by atoms with Crippen molar-refractivity contribution in [3.8, 4) is 11.4 Å². The average molecular weight is 481 g/mol. The Morgan fingerprint density at radius 3 is 2.64 bits per heavy atom. The monoisotopic (exact) mass is 480 g/mol. The Balaban J connectivity index is 1.43. The average Bonchev–Trinajstić information content (AvgIpc) is 2.85. The molecule has 1 saturated carbocycles. The van der Waals surface area contributed by atoms with E-state index >= 15 is 0 Å². The minimum absolute atomic E-state index is 0.107. The highest BCUT2D eigenvalue weighted by Gasteiger charge is 2.33. The number of aromatic nitrogens is 5. The first-order valence-electron chi connectivity index (χ1n) is 12.8. The Hall–Kier alpha value is -3.65. The predicted molar refractivity (Wildman–Crippen MR) is 143 cm³/mol. The normalized spacial score (nSPS) is 19.6. The van der Waals surface area contributed by atoms with Crippen molar-refractivity contribution in [3.05, 3.63) is 60.7 Å². The van der Waals surface area contributed by atoms with Crippen molar-refractivity contribution in [2.75, 3.05) is 23.7 Å². The summed E-state index contributed by atoms with van der Waals surface area (Å²) in [6, 6.07) is 9.98. The highest BCUT2D eigenvalue weighted by atomic mass is 15.1. The number of hydrogen-bond donors (Lipinski definition) is 3.